The lowest BCUT2D eigenvalue weighted by molar-refractivity contribution is -0.697. The van der Waals surface area contributed by atoms with Crippen molar-refractivity contribution in [3.8, 4) is 12.4 Å². The van der Waals surface area contributed by atoms with E-state index in [1.807, 2.05) is 0 Å². The van der Waals surface area contributed by atoms with Gasteiger partial charge in [0.1, 0.15) is 6.54 Å². The van der Waals surface area contributed by atoms with Crippen LogP contribution in [-0.2, 0) is 6.54 Å². The summed E-state index contributed by atoms with van der Waals surface area (Å²) < 4.78 is 2.25. The highest BCUT2D eigenvalue weighted by Gasteiger charge is 1.97. The molecule has 17 heavy (non-hydrogen) atoms. The molecule has 0 amide bonds. The van der Waals surface area contributed by atoms with Gasteiger partial charge in [-0.2, -0.15) is 10.5 Å². The summed E-state index contributed by atoms with van der Waals surface area (Å²) in [4.78, 5) is 0. The van der Waals surface area contributed by atoms with E-state index in [2.05, 4.69) is 54.4 Å². The van der Waals surface area contributed by atoms with Crippen LogP contribution < -0.4 is 16.0 Å². The lowest BCUT2D eigenvalue weighted by atomic mass is 10.3. The van der Waals surface area contributed by atoms with Crippen molar-refractivity contribution in [3.63, 3.8) is 0 Å². The number of aryl methyl sites for hydroxylation is 2. The van der Waals surface area contributed by atoms with Gasteiger partial charge in [0.2, 0.25) is 0 Å². The third kappa shape index (κ3) is 13.7. The monoisotopic (exact) mass is 234 g/mol. The standard InChI is InChI=1S/C10H16N.2CH2N2/c1-3-4-7-11-8-5-6-10(2)9-11;2*2-1-3/h5-6,8-9H,3-4,7H2,1-2H3;2*2H2/q+1;;. The Bertz CT molecular complexity index is 350. The zero-order valence-electron chi connectivity index (χ0n) is 10.4. The number of nitrogens with two attached hydrogens (primary N) is 2. The zero-order chi connectivity index (χ0) is 13.5. The summed E-state index contributed by atoms with van der Waals surface area (Å²) in [5, 5.41) is 14.2. The smallest absolute Gasteiger partial charge is 0.173 e. The summed E-state index contributed by atoms with van der Waals surface area (Å²) in [6, 6.07) is 4.23. The lowest BCUT2D eigenvalue weighted by Crippen LogP contribution is -2.32. The average molecular weight is 234 g/mol. The van der Waals surface area contributed by atoms with E-state index in [1.54, 1.807) is 0 Å². The molecule has 0 spiro atoms. The molecule has 1 heterocycles. The summed E-state index contributed by atoms with van der Waals surface area (Å²) in [5.74, 6) is 0. The maximum atomic E-state index is 7.10. The van der Waals surface area contributed by atoms with Crippen LogP contribution in [0.25, 0.3) is 0 Å². The Morgan fingerprint density at radius 2 is 1.82 bits per heavy atom. The fourth-order valence-corrected chi connectivity index (χ4v) is 1.13. The number of rotatable bonds is 3. The molecule has 0 fully saturated rings. The molecule has 1 aromatic heterocycles. The number of nitrogens with zero attached hydrogens (tertiary/aromatic N) is 3. The van der Waals surface area contributed by atoms with Crippen molar-refractivity contribution in [2.75, 3.05) is 0 Å². The number of unbranched alkanes of at least 4 members (excludes halogenated alkanes) is 1. The minimum absolute atomic E-state index is 1.15. The van der Waals surface area contributed by atoms with Gasteiger partial charge in [0.15, 0.2) is 24.8 Å². The number of nitriles is 2. The van der Waals surface area contributed by atoms with E-state index in [1.165, 1.54) is 30.8 Å². The molecule has 1 rings (SSSR count). The van der Waals surface area contributed by atoms with Crippen LogP contribution in [-0.4, -0.2) is 0 Å². The molecule has 0 atom stereocenters. The van der Waals surface area contributed by atoms with Gasteiger partial charge in [-0.05, 0) is 13.0 Å². The average Bonchev–Trinajstić information content (AvgIpc) is 2.29. The molecular formula is C12H20N5+. The molecule has 0 aliphatic carbocycles. The molecule has 5 nitrogen and oxygen atoms in total. The van der Waals surface area contributed by atoms with Gasteiger partial charge in [-0.25, -0.2) is 4.57 Å². The first-order valence-corrected chi connectivity index (χ1v) is 5.31. The van der Waals surface area contributed by atoms with Crippen molar-refractivity contribution in [1.82, 2.24) is 0 Å². The second kappa shape index (κ2) is 13.7. The largest absolute Gasteiger partial charge is 0.337 e. The highest BCUT2D eigenvalue weighted by atomic mass is 14.9. The topological polar surface area (TPSA) is 103 Å². The van der Waals surface area contributed by atoms with E-state index in [0.29, 0.717) is 0 Å². The predicted molar refractivity (Wildman–Crippen MR) is 65.9 cm³/mol. The van der Waals surface area contributed by atoms with Crippen molar-refractivity contribution in [2.45, 2.75) is 33.2 Å². The minimum atomic E-state index is 1.15. The Hall–Kier alpha value is -2.27. The highest BCUT2D eigenvalue weighted by Crippen LogP contribution is 1.91. The first-order chi connectivity index (χ1) is 8.15. The van der Waals surface area contributed by atoms with Crippen LogP contribution in [0.15, 0.2) is 24.5 Å². The molecule has 92 valence electrons. The fourth-order valence-electron chi connectivity index (χ4n) is 1.13. The molecule has 0 radical (unpaired) electrons. The predicted octanol–water partition coefficient (Wildman–Crippen LogP) is 0.935. The number of aromatic nitrogens is 1. The van der Waals surface area contributed by atoms with Gasteiger partial charge in [0.25, 0.3) is 0 Å². The van der Waals surface area contributed by atoms with Crippen LogP contribution in [0.3, 0.4) is 0 Å². The van der Waals surface area contributed by atoms with E-state index in [9.17, 15) is 0 Å². The highest BCUT2D eigenvalue weighted by molar-refractivity contribution is 5.01. The normalized spacial score (nSPS) is 7.29. The van der Waals surface area contributed by atoms with Gasteiger partial charge in [0.05, 0.1) is 0 Å². The van der Waals surface area contributed by atoms with Crippen molar-refractivity contribution in [1.29, 1.82) is 10.5 Å². The Labute approximate surface area is 103 Å². The van der Waals surface area contributed by atoms with Crippen molar-refractivity contribution in [2.24, 2.45) is 11.5 Å². The third-order valence-electron chi connectivity index (χ3n) is 1.78. The van der Waals surface area contributed by atoms with E-state index >= 15 is 0 Å². The molecule has 1 aromatic rings. The molecule has 0 saturated carbocycles. The first kappa shape index (κ1) is 17.1. The van der Waals surface area contributed by atoms with Gasteiger partial charge >= 0.3 is 0 Å². The Morgan fingerprint density at radius 1 is 1.29 bits per heavy atom. The Kier molecular flexibility index (Phi) is 13.8. The van der Waals surface area contributed by atoms with Crippen molar-refractivity contribution in [3.05, 3.63) is 30.1 Å². The Morgan fingerprint density at radius 3 is 2.24 bits per heavy atom. The maximum Gasteiger partial charge on any atom is 0.173 e. The summed E-state index contributed by atoms with van der Waals surface area (Å²) >= 11 is 0. The number of hydrogen-bond donors (Lipinski definition) is 2. The maximum absolute atomic E-state index is 7.10. The van der Waals surface area contributed by atoms with Crippen LogP contribution in [0, 0.1) is 29.8 Å². The molecule has 0 aliphatic heterocycles. The molecule has 0 aromatic carbocycles. The first-order valence-electron chi connectivity index (χ1n) is 5.31. The van der Waals surface area contributed by atoms with Crippen LogP contribution in [0.1, 0.15) is 25.3 Å². The van der Waals surface area contributed by atoms with Gasteiger partial charge in [-0.1, -0.05) is 13.3 Å². The van der Waals surface area contributed by atoms with Gasteiger partial charge < -0.3 is 11.5 Å². The quantitative estimate of drug-likeness (QED) is 0.461. The summed E-state index contributed by atoms with van der Waals surface area (Å²) in [6.07, 6.45) is 9.35. The third-order valence-corrected chi connectivity index (χ3v) is 1.78. The number of pyridine rings is 1. The van der Waals surface area contributed by atoms with Crippen molar-refractivity contribution < 1.29 is 4.57 Å². The number of hydrogen-bond acceptors (Lipinski definition) is 4. The second-order valence-electron chi connectivity index (χ2n) is 3.23. The van der Waals surface area contributed by atoms with E-state index in [0.717, 1.165) is 6.54 Å². The van der Waals surface area contributed by atoms with Gasteiger partial charge in [0, 0.05) is 18.1 Å². The zero-order valence-corrected chi connectivity index (χ0v) is 10.4. The fraction of sp³-hybridized carbons (Fsp3) is 0.417. The van der Waals surface area contributed by atoms with E-state index < -0.39 is 0 Å². The minimum Gasteiger partial charge on any atom is -0.337 e. The SMILES string of the molecule is CCCC[n+]1cccc(C)c1.N#CN.N#CN. The lowest BCUT2D eigenvalue weighted by Gasteiger charge is -1.94. The van der Waals surface area contributed by atoms with Crippen LogP contribution >= 0.6 is 0 Å². The molecule has 5 heteroatoms. The summed E-state index contributed by atoms with van der Waals surface area (Å²) in [7, 11) is 0. The molecular weight excluding hydrogens is 214 g/mol. The van der Waals surface area contributed by atoms with Crippen molar-refractivity contribution >= 4 is 0 Å². The Balaban J connectivity index is 0. The van der Waals surface area contributed by atoms with Crippen LogP contribution in [0.5, 0.6) is 0 Å². The molecule has 0 bridgehead atoms. The molecule has 0 unspecified atom stereocenters. The molecule has 0 aliphatic rings. The van der Waals surface area contributed by atoms with E-state index in [4.69, 9.17) is 10.5 Å². The van der Waals surface area contributed by atoms with Gasteiger partial charge in [-0.3, -0.25) is 0 Å². The van der Waals surface area contributed by atoms with Crippen LogP contribution in [0.4, 0.5) is 0 Å². The summed E-state index contributed by atoms with van der Waals surface area (Å²) in [5.41, 5.74) is 9.64. The van der Waals surface area contributed by atoms with E-state index in [-0.39, 0.29) is 0 Å². The van der Waals surface area contributed by atoms with Gasteiger partial charge in [-0.15, -0.1) is 0 Å². The molecule has 0 saturated heterocycles. The van der Waals surface area contributed by atoms with Crippen LogP contribution in [0.2, 0.25) is 0 Å². The second-order valence-corrected chi connectivity index (χ2v) is 3.23. The molecule has 4 N–H and O–H groups in total. The summed E-state index contributed by atoms with van der Waals surface area (Å²) in [6.45, 7) is 5.50.